The normalized spacial score (nSPS) is 13.1. The second kappa shape index (κ2) is 8.26. The first-order chi connectivity index (χ1) is 10.3. The predicted octanol–water partition coefficient (Wildman–Crippen LogP) is 1.16. The maximum absolute atomic E-state index is 12.5. The molecule has 0 radical (unpaired) electrons. The van der Waals surface area contributed by atoms with Crippen molar-refractivity contribution in [3.05, 3.63) is 29.8 Å². The minimum Gasteiger partial charge on any atom is -0.383 e. The van der Waals surface area contributed by atoms with Crippen LogP contribution in [0.4, 0.5) is 0 Å². The number of amides is 1. The Morgan fingerprint density at radius 3 is 2.41 bits per heavy atom. The summed E-state index contributed by atoms with van der Waals surface area (Å²) < 4.78 is 31.2. The molecule has 0 heterocycles. The van der Waals surface area contributed by atoms with Crippen LogP contribution in [0.15, 0.2) is 29.2 Å². The van der Waals surface area contributed by atoms with Gasteiger partial charge in [0.15, 0.2) is 0 Å². The number of carbonyl (C=O) groups excluding carboxylic acids is 1. The van der Waals surface area contributed by atoms with E-state index in [1.807, 2.05) is 6.92 Å². The fourth-order valence-corrected chi connectivity index (χ4v) is 3.40. The van der Waals surface area contributed by atoms with Crippen LogP contribution in [0.5, 0.6) is 0 Å². The van der Waals surface area contributed by atoms with Crippen molar-refractivity contribution in [3.8, 4) is 0 Å². The van der Waals surface area contributed by atoms with Crippen molar-refractivity contribution >= 4 is 15.9 Å². The Balaban J connectivity index is 2.82. The van der Waals surface area contributed by atoms with Crippen molar-refractivity contribution in [2.45, 2.75) is 31.7 Å². The van der Waals surface area contributed by atoms with Crippen molar-refractivity contribution in [2.24, 2.45) is 0 Å². The SMILES string of the molecule is CCN(CC(=O)N[C@H](C)COC)S(=O)(=O)c1ccc(C)cc1. The lowest BCUT2D eigenvalue weighted by Gasteiger charge is -2.21. The fraction of sp³-hybridized carbons (Fsp3) is 0.533. The zero-order valence-electron chi connectivity index (χ0n) is 13.5. The lowest BCUT2D eigenvalue weighted by molar-refractivity contribution is -0.122. The van der Waals surface area contributed by atoms with E-state index in [9.17, 15) is 13.2 Å². The summed E-state index contributed by atoms with van der Waals surface area (Å²) in [5, 5.41) is 2.71. The summed E-state index contributed by atoms with van der Waals surface area (Å²) in [5.74, 6) is -0.345. The lowest BCUT2D eigenvalue weighted by Crippen LogP contribution is -2.44. The molecule has 0 spiro atoms. The van der Waals surface area contributed by atoms with E-state index in [2.05, 4.69) is 5.32 Å². The minimum atomic E-state index is -3.67. The molecule has 0 aliphatic rings. The number of carbonyl (C=O) groups is 1. The van der Waals surface area contributed by atoms with Gasteiger partial charge < -0.3 is 10.1 Å². The average Bonchev–Trinajstić information content (AvgIpc) is 2.45. The number of ether oxygens (including phenoxy) is 1. The third-order valence-electron chi connectivity index (χ3n) is 3.16. The molecule has 1 rings (SSSR count). The van der Waals surface area contributed by atoms with E-state index in [1.54, 1.807) is 45.2 Å². The standard InChI is InChI=1S/C15H24N2O4S/c1-5-17(10-15(18)16-13(3)11-21-4)22(19,20)14-8-6-12(2)7-9-14/h6-9,13H,5,10-11H2,1-4H3,(H,16,18)/t13-/m1/s1. The number of rotatable bonds is 8. The summed E-state index contributed by atoms with van der Waals surface area (Å²) in [6.45, 7) is 5.79. The van der Waals surface area contributed by atoms with Crippen molar-refractivity contribution < 1.29 is 17.9 Å². The molecule has 0 aromatic heterocycles. The number of hydrogen-bond acceptors (Lipinski definition) is 4. The molecule has 1 aromatic carbocycles. The molecule has 0 saturated carbocycles. The molecular formula is C15H24N2O4S. The third-order valence-corrected chi connectivity index (χ3v) is 5.09. The van der Waals surface area contributed by atoms with Gasteiger partial charge in [-0.2, -0.15) is 4.31 Å². The number of likely N-dealkylation sites (N-methyl/N-ethyl adjacent to an activating group) is 1. The van der Waals surface area contributed by atoms with Crippen LogP contribution in [0.25, 0.3) is 0 Å². The summed E-state index contributed by atoms with van der Waals surface area (Å²) >= 11 is 0. The first-order valence-electron chi connectivity index (χ1n) is 7.16. The van der Waals surface area contributed by atoms with Gasteiger partial charge >= 0.3 is 0 Å². The lowest BCUT2D eigenvalue weighted by atomic mass is 10.2. The Morgan fingerprint density at radius 2 is 1.91 bits per heavy atom. The largest absolute Gasteiger partial charge is 0.383 e. The highest BCUT2D eigenvalue weighted by molar-refractivity contribution is 7.89. The van der Waals surface area contributed by atoms with Gasteiger partial charge in [0.25, 0.3) is 0 Å². The molecule has 7 heteroatoms. The number of aryl methyl sites for hydroxylation is 1. The van der Waals surface area contributed by atoms with Gasteiger partial charge in [-0.25, -0.2) is 8.42 Å². The molecule has 0 aliphatic heterocycles. The van der Waals surface area contributed by atoms with Crippen LogP contribution < -0.4 is 5.32 Å². The van der Waals surface area contributed by atoms with E-state index in [4.69, 9.17) is 4.74 Å². The molecule has 0 fully saturated rings. The molecular weight excluding hydrogens is 304 g/mol. The van der Waals surface area contributed by atoms with Crippen LogP contribution in [-0.4, -0.2) is 51.5 Å². The van der Waals surface area contributed by atoms with Gasteiger partial charge in [-0.15, -0.1) is 0 Å². The molecule has 22 heavy (non-hydrogen) atoms. The Morgan fingerprint density at radius 1 is 1.32 bits per heavy atom. The highest BCUT2D eigenvalue weighted by Gasteiger charge is 2.25. The van der Waals surface area contributed by atoms with Crippen LogP contribution in [0, 0.1) is 6.92 Å². The van der Waals surface area contributed by atoms with E-state index in [0.717, 1.165) is 9.87 Å². The number of nitrogens with one attached hydrogen (secondary N) is 1. The minimum absolute atomic E-state index is 0.168. The summed E-state index contributed by atoms with van der Waals surface area (Å²) in [7, 11) is -2.13. The topological polar surface area (TPSA) is 75.7 Å². The maximum Gasteiger partial charge on any atom is 0.243 e. The van der Waals surface area contributed by atoms with Gasteiger partial charge in [-0.1, -0.05) is 24.6 Å². The van der Waals surface area contributed by atoms with Crippen molar-refractivity contribution in [1.82, 2.24) is 9.62 Å². The smallest absolute Gasteiger partial charge is 0.243 e. The van der Waals surface area contributed by atoms with Crippen molar-refractivity contribution in [2.75, 3.05) is 26.8 Å². The van der Waals surface area contributed by atoms with Crippen molar-refractivity contribution in [1.29, 1.82) is 0 Å². The Hall–Kier alpha value is -1.44. The summed E-state index contributed by atoms with van der Waals surface area (Å²) in [6.07, 6.45) is 0. The summed E-state index contributed by atoms with van der Waals surface area (Å²) in [4.78, 5) is 12.1. The van der Waals surface area contributed by atoms with Crippen LogP contribution >= 0.6 is 0 Å². The summed E-state index contributed by atoms with van der Waals surface area (Å²) in [6, 6.07) is 6.42. The molecule has 0 bridgehead atoms. The average molecular weight is 328 g/mol. The fourth-order valence-electron chi connectivity index (χ4n) is 2.00. The second-order valence-corrected chi connectivity index (χ2v) is 7.11. The van der Waals surface area contributed by atoms with E-state index in [0.29, 0.717) is 6.61 Å². The zero-order chi connectivity index (χ0) is 16.8. The number of hydrogen-bond donors (Lipinski definition) is 1. The van der Waals surface area contributed by atoms with Gasteiger partial charge in [0, 0.05) is 19.7 Å². The molecule has 1 atom stereocenters. The molecule has 1 N–H and O–H groups in total. The van der Waals surface area contributed by atoms with Gasteiger partial charge in [0.05, 0.1) is 18.0 Å². The van der Waals surface area contributed by atoms with E-state index < -0.39 is 10.0 Å². The zero-order valence-corrected chi connectivity index (χ0v) is 14.3. The predicted molar refractivity (Wildman–Crippen MR) is 85.1 cm³/mol. The Kier molecular flexibility index (Phi) is 6.99. The maximum atomic E-state index is 12.5. The number of methoxy groups -OCH3 is 1. The Labute approximate surface area is 132 Å². The molecule has 0 saturated heterocycles. The molecule has 6 nitrogen and oxygen atoms in total. The van der Waals surface area contributed by atoms with Gasteiger partial charge in [0.1, 0.15) is 0 Å². The number of nitrogens with zero attached hydrogens (tertiary/aromatic N) is 1. The van der Waals surface area contributed by atoms with E-state index >= 15 is 0 Å². The van der Waals surface area contributed by atoms with Crippen LogP contribution in [0.2, 0.25) is 0 Å². The van der Waals surface area contributed by atoms with Crippen LogP contribution in [0.3, 0.4) is 0 Å². The first-order valence-corrected chi connectivity index (χ1v) is 8.60. The third kappa shape index (κ3) is 5.08. The van der Waals surface area contributed by atoms with Gasteiger partial charge in [-0.3, -0.25) is 4.79 Å². The summed E-state index contributed by atoms with van der Waals surface area (Å²) in [5.41, 5.74) is 0.980. The Bertz CT molecular complexity index is 584. The molecule has 124 valence electrons. The number of benzene rings is 1. The van der Waals surface area contributed by atoms with E-state index in [-0.39, 0.29) is 29.9 Å². The molecule has 1 aromatic rings. The quantitative estimate of drug-likeness (QED) is 0.777. The van der Waals surface area contributed by atoms with Gasteiger partial charge in [0.2, 0.25) is 15.9 Å². The van der Waals surface area contributed by atoms with E-state index in [1.165, 1.54) is 0 Å². The monoisotopic (exact) mass is 328 g/mol. The highest BCUT2D eigenvalue weighted by Crippen LogP contribution is 2.15. The van der Waals surface area contributed by atoms with Gasteiger partial charge in [-0.05, 0) is 26.0 Å². The number of sulfonamides is 1. The molecule has 0 aliphatic carbocycles. The first kappa shape index (κ1) is 18.6. The molecule has 0 unspecified atom stereocenters. The highest BCUT2D eigenvalue weighted by atomic mass is 32.2. The van der Waals surface area contributed by atoms with Crippen LogP contribution in [-0.2, 0) is 19.6 Å². The second-order valence-electron chi connectivity index (χ2n) is 5.17. The van der Waals surface area contributed by atoms with Crippen LogP contribution in [0.1, 0.15) is 19.4 Å². The van der Waals surface area contributed by atoms with Crippen molar-refractivity contribution in [3.63, 3.8) is 0 Å². The molecule has 1 amide bonds.